The highest BCUT2D eigenvalue weighted by molar-refractivity contribution is 6.51. The lowest BCUT2D eigenvalue weighted by atomic mass is 9.95. The molecule has 0 saturated carbocycles. The van der Waals surface area contributed by atoms with Gasteiger partial charge in [-0.2, -0.15) is 0 Å². The maximum Gasteiger partial charge on any atom is 0.300 e. The summed E-state index contributed by atoms with van der Waals surface area (Å²) in [6.07, 6.45) is 0. The van der Waals surface area contributed by atoms with Crippen LogP contribution in [0.2, 0.25) is 5.02 Å². The summed E-state index contributed by atoms with van der Waals surface area (Å²) in [4.78, 5) is 28.3. The minimum absolute atomic E-state index is 0.0467. The minimum atomic E-state index is -0.906. The molecule has 0 aromatic heterocycles. The van der Waals surface area contributed by atoms with Gasteiger partial charge in [-0.25, -0.2) is 0 Å². The van der Waals surface area contributed by atoms with E-state index in [1.165, 1.54) is 18.1 Å². The standard InChI is InChI=1S/C31H24ClNO5/c1-19-8-6-10-22(16-19)33-28(20-9-7-13-24(17-20)38-23-11-4-3-5-12-23)27(30(35)31(33)36)29(34)21-14-15-26(37-2)25(32)18-21/h3-18,28,34H,1-2H3/b29-27+. The lowest BCUT2D eigenvalue weighted by Gasteiger charge is -2.26. The molecule has 1 atom stereocenters. The Kier molecular flexibility index (Phi) is 6.90. The number of anilines is 1. The van der Waals surface area contributed by atoms with Crippen molar-refractivity contribution >= 4 is 34.7 Å². The molecule has 1 aliphatic heterocycles. The van der Waals surface area contributed by atoms with Crippen molar-refractivity contribution in [3.8, 4) is 17.2 Å². The zero-order valence-corrected chi connectivity index (χ0v) is 21.5. The number of rotatable bonds is 6. The maximum absolute atomic E-state index is 13.5. The predicted octanol–water partition coefficient (Wildman–Crippen LogP) is 7.08. The monoisotopic (exact) mass is 525 g/mol. The Bertz CT molecular complexity index is 1560. The van der Waals surface area contributed by atoms with E-state index in [1.807, 2.05) is 55.5 Å². The summed E-state index contributed by atoms with van der Waals surface area (Å²) in [5.41, 5.74) is 2.30. The van der Waals surface area contributed by atoms with E-state index in [2.05, 4.69) is 0 Å². The number of hydrogen-bond donors (Lipinski definition) is 1. The molecule has 0 spiro atoms. The van der Waals surface area contributed by atoms with Crippen LogP contribution in [0, 0.1) is 6.92 Å². The fourth-order valence-corrected chi connectivity index (χ4v) is 4.79. The topological polar surface area (TPSA) is 76.1 Å². The van der Waals surface area contributed by atoms with Crippen LogP contribution in [0.25, 0.3) is 5.76 Å². The van der Waals surface area contributed by atoms with Crippen molar-refractivity contribution < 1.29 is 24.2 Å². The van der Waals surface area contributed by atoms with Crippen molar-refractivity contribution in [2.45, 2.75) is 13.0 Å². The molecule has 4 aromatic carbocycles. The normalized spacial score (nSPS) is 16.5. The number of nitrogens with zero attached hydrogens (tertiary/aromatic N) is 1. The second kappa shape index (κ2) is 10.4. The van der Waals surface area contributed by atoms with Gasteiger partial charge >= 0.3 is 0 Å². The van der Waals surface area contributed by atoms with E-state index in [0.717, 1.165) is 5.56 Å². The molecule has 1 fully saturated rings. The fourth-order valence-electron chi connectivity index (χ4n) is 4.53. The van der Waals surface area contributed by atoms with Crippen LogP contribution in [-0.4, -0.2) is 23.9 Å². The third-order valence-corrected chi connectivity index (χ3v) is 6.60. The average Bonchev–Trinajstić information content (AvgIpc) is 3.19. The van der Waals surface area contributed by atoms with E-state index in [-0.39, 0.29) is 16.4 Å². The van der Waals surface area contributed by atoms with E-state index < -0.39 is 17.7 Å². The van der Waals surface area contributed by atoms with Gasteiger partial charge in [0.25, 0.3) is 11.7 Å². The first-order valence-corrected chi connectivity index (χ1v) is 12.3. The Morgan fingerprint density at radius 3 is 2.32 bits per heavy atom. The summed E-state index contributed by atoms with van der Waals surface area (Å²) in [6.45, 7) is 1.91. The molecular weight excluding hydrogens is 502 g/mol. The second-order valence-corrected chi connectivity index (χ2v) is 9.25. The van der Waals surface area contributed by atoms with Crippen molar-refractivity contribution in [3.05, 3.63) is 124 Å². The minimum Gasteiger partial charge on any atom is -0.507 e. The zero-order valence-electron chi connectivity index (χ0n) is 20.7. The molecule has 7 heteroatoms. The van der Waals surface area contributed by atoms with Gasteiger partial charge in [0, 0.05) is 11.3 Å². The van der Waals surface area contributed by atoms with Crippen LogP contribution in [0.1, 0.15) is 22.7 Å². The average molecular weight is 526 g/mol. The first-order valence-electron chi connectivity index (χ1n) is 11.9. The molecule has 38 heavy (non-hydrogen) atoms. The van der Waals surface area contributed by atoms with Crippen molar-refractivity contribution in [2.75, 3.05) is 12.0 Å². The van der Waals surface area contributed by atoms with E-state index in [4.69, 9.17) is 21.1 Å². The van der Waals surface area contributed by atoms with Gasteiger partial charge in [0.1, 0.15) is 23.0 Å². The van der Waals surface area contributed by atoms with Crippen molar-refractivity contribution in [1.82, 2.24) is 0 Å². The number of benzene rings is 4. The number of methoxy groups -OCH3 is 1. The molecule has 0 radical (unpaired) electrons. The molecule has 1 N–H and O–H groups in total. The van der Waals surface area contributed by atoms with Crippen LogP contribution in [0.5, 0.6) is 17.2 Å². The molecule has 1 unspecified atom stereocenters. The molecule has 6 nitrogen and oxygen atoms in total. The number of Topliss-reactive ketones (excluding diaryl/α,β-unsaturated/α-hetero) is 1. The highest BCUT2D eigenvalue weighted by Gasteiger charge is 2.47. The molecule has 190 valence electrons. The molecule has 4 aromatic rings. The fraction of sp³-hybridized carbons (Fsp3) is 0.0968. The third kappa shape index (κ3) is 4.74. The summed E-state index contributed by atoms with van der Waals surface area (Å²) in [5.74, 6) is -0.277. The number of ether oxygens (including phenoxy) is 2. The molecule has 1 saturated heterocycles. The number of ketones is 1. The summed E-state index contributed by atoms with van der Waals surface area (Å²) in [6, 6.07) is 27.5. The van der Waals surface area contributed by atoms with Crippen LogP contribution in [-0.2, 0) is 9.59 Å². The van der Waals surface area contributed by atoms with E-state index >= 15 is 0 Å². The van der Waals surface area contributed by atoms with Gasteiger partial charge in [-0.05, 0) is 72.6 Å². The van der Waals surface area contributed by atoms with Crippen LogP contribution >= 0.6 is 11.6 Å². The zero-order chi connectivity index (χ0) is 26.8. The molecule has 1 heterocycles. The number of carbonyl (C=O) groups is 2. The molecular formula is C31H24ClNO5. The lowest BCUT2D eigenvalue weighted by Crippen LogP contribution is -2.29. The third-order valence-electron chi connectivity index (χ3n) is 6.30. The molecule has 1 amide bonds. The number of para-hydroxylation sites is 1. The number of hydrogen-bond acceptors (Lipinski definition) is 5. The number of amides is 1. The molecule has 0 bridgehead atoms. The van der Waals surface area contributed by atoms with Gasteiger partial charge in [0.15, 0.2) is 0 Å². The van der Waals surface area contributed by atoms with Gasteiger partial charge < -0.3 is 14.6 Å². The summed E-state index contributed by atoms with van der Waals surface area (Å²) in [7, 11) is 1.48. The number of aryl methyl sites for hydroxylation is 1. The quantitative estimate of drug-likeness (QED) is 0.165. The summed E-state index contributed by atoms with van der Waals surface area (Å²) in [5, 5.41) is 11.7. The van der Waals surface area contributed by atoms with Gasteiger partial charge in [-0.15, -0.1) is 0 Å². The van der Waals surface area contributed by atoms with E-state index in [9.17, 15) is 14.7 Å². The second-order valence-electron chi connectivity index (χ2n) is 8.85. The number of aliphatic hydroxyl groups is 1. The van der Waals surface area contributed by atoms with E-state index in [1.54, 1.807) is 42.5 Å². The molecule has 1 aliphatic rings. The Morgan fingerprint density at radius 1 is 0.868 bits per heavy atom. The molecule has 0 aliphatic carbocycles. The summed E-state index contributed by atoms with van der Waals surface area (Å²) < 4.78 is 11.2. The highest BCUT2D eigenvalue weighted by atomic mass is 35.5. The predicted molar refractivity (Wildman–Crippen MR) is 147 cm³/mol. The van der Waals surface area contributed by atoms with Gasteiger partial charge in [-0.1, -0.05) is 54.1 Å². The Labute approximate surface area is 225 Å². The van der Waals surface area contributed by atoms with Crippen LogP contribution in [0.4, 0.5) is 5.69 Å². The Morgan fingerprint density at radius 2 is 1.61 bits per heavy atom. The van der Waals surface area contributed by atoms with Crippen molar-refractivity contribution in [2.24, 2.45) is 0 Å². The number of halogens is 1. The SMILES string of the molecule is COc1ccc(/C(O)=C2\C(=O)C(=O)N(c3cccc(C)c3)C2c2cccc(Oc3ccccc3)c2)cc1Cl. The maximum atomic E-state index is 13.5. The van der Waals surface area contributed by atoms with Crippen LogP contribution < -0.4 is 14.4 Å². The lowest BCUT2D eigenvalue weighted by molar-refractivity contribution is -0.132. The number of carbonyl (C=O) groups excluding carboxylic acids is 2. The first kappa shape index (κ1) is 25.1. The highest BCUT2D eigenvalue weighted by Crippen LogP contribution is 2.43. The first-order chi connectivity index (χ1) is 18.4. The largest absolute Gasteiger partial charge is 0.507 e. The van der Waals surface area contributed by atoms with Crippen molar-refractivity contribution in [3.63, 3.8) is 0 Å². The Hall–Kier alpha value is -4.55. The van der Waals surface area contributed by atoms with Crippen molar-refractivity contribution in [1.29, 1.82) is 0 Å². The van der Waals surface area contributed by atoms with Crippen LogP contribution in [0.15, 0.2) is 103 Å². The van der Waals surface area contributed by atoms with E-state index in [0.29, 0.717) is 34.1 Å². The number of aliphatic hydroxyl groups excluding tert-OH is 1. The van der Waals surface area contributed by atoms with Crippen LogP contribution in [0.3, 0.4) is 0 Å². The van der Waals surface area contributed by atoms with Gasteiger partial charge in [-0.3, -0.25) is 14.5 Å². The smallest absolute Gasteiger partial charge is 0.300 e. The Balaban J connectivity index is 1.68. The summed E-state index contributed by atoms with van der Waals surface area (Å²) >= 11 is 6.30. The molecule has 5 rings (SSSR count). The van der Waals surface area contributed by atoms with Gasteiger partial charge in [0.2, 0.25) is 0 Å². The van der Waals surface area contributed by atoms with Gasteiger partial charge in [0.05, 0.1) is 23.7 Å².